The van der Waals surface area contributed by atoms with Crippen LogP contribution in [0.15, 0.2) is 0 Å². The van der Waals surface area contributed by atoms with E-state index in [1.54, 1.807) is 0 Å². The van der Waals surface area contributed by atoms with Crippen LogP contribution in [0.2, 0.25) is 0 Å². The molecule has 1 unspecified atom stereocenters. The average Bonchev–Trinajstić information content (AvgIpc) is 2.39. The summed E-state index contributed by atoms with van der Waals surface area (Å²) in [5.74, 6) is 0. The molecule has 0 aliphatic carbocycles. The Morgan fingerprint density at radius 3 is 2.62 bits per heavy atom. The SMILES string of the molecule is BrCC1(OCC2CCCCO2)CCOCC1. The minimum Gasteiger partial charge on any atom is -0.381 e. The first-order valence-corrected chi connectivity index (χ1v) is 7.36. The first-order valence-electron chi connectivity index (χ1n) is 6.24. The summed E-state index contributed by atoms with van der Waals surface area (Å²) in [5, 5.41) is 0.899. The summed E-state index contributed by atoms with van der Waals surface area (Å²) in [6, 6.07) is 0. The van der Waals surface area contributed by atoms with Crippen LogP contribution in [0.4, 0.5) is 0 Å². The van der Waals surface area contributed by atoms with Gasteiger partial charge in [-0.2, -0.15) is 0 Å². The highest BCUT2D eigenvalue weighted by molar-refractivity contribution is 9.09. The number of rotatable bonds is 4. The predicted octanol–water partition coefficient (Wildman–Crippen LogP) is 2.52. The van der Waals surface area contributed by atoms with Crippen molar-refractivity contribution < 1.29 is 14.2 Å². The zero-order chi connectivity index (χ0) is 11.3. The Kier molecular flexibility index (Phi) is 5.07. The van der Waals surface area contributed by atoms with Crippen molar-refractivity contribution in [1.29, 1.82) is 0 Å². The van der Waals surface area contributed by atoms with E-state index in [2.05, 4.69) is 15.9 Å². The van der Waals surface area contributed by atoms with Gasteiger partial charge in [-0.25, -0.2) is 0 Å². The van der Waals surface area contributed by atoms with Crippen LogP contribution in [0.5, 0.6) is 0 Å². The van der Waals surface area contributed by atoms with Crippen molar-refractivity contribution in [2.24, 2.45) is 0 Å². The van der Waals surface area contributed by atoms with E-state index in [0.717, 1.165) is 51.0 Å². The van der Waals surface area contributed by atoms with Crippen molar-refractivity contribution in [3.05, 3.63) is 0 Å². The molecule has 2 rings (SSSR count). The molecule has 94 valence electrons. The normalized spacial score (nSPS) is 30.2. The van der Waals surface area contributed by atoms with Crippen LogP contribution in [0.25, 0.3) is 0 Å². The first kappa shape index (κ1) is 12.8. The Morgan fingerprint density at radius 2 is 2.00 bits per heavy atom. The molecule has 0 N–H and O–H groups in total. The fourth-order valence-corrected chi connectivity index (χ4v) is 2.99. The Labute approximate surface area is 106 Å². The van der Waals surface area contributed by atoms with Crippen LogP contribution >= 0.6 is 15.9 Å². The molecule has 1 atom stereocenters. The standard InChI is InChI=1S/C12H21BrO3/c13-10-12(4-7-14-8-5-12)16-9-11-3-1-2-6-15-11/h11H,1-10H2. The maximum absolute atomic E-state index is 6.11. The number of halogens is 1. The van der Waals surface area contributed by atoms with Gasteiger partial charge >= 0.3 is 0 Å². The van der Waals surface area contributed by atoms with Gasteiger partial charge in [0.25, 0.3) is 0 Å². The lowest BCUT2D eigenvalue weighted by Crippen LogP contribution is -2.43. The Balaban J connectivity index is 1.77. The maximum Gasteiger partial charge on any atom is 0.0824 e. The van der Waals surface area contributed by atoms with Crippen LogP contribution < -0.4 is 0 Å². The van der Waals surface area contributed by atoms with E-state index >= 15 is 0 Å². The Bertz CT molecular complexity index is 198. The second-order valence-electron chi connectivity index (χ2n) is 4.73. The molecular formula is C12H21BrO3. The number of hydrogen-bond donors (Lipinski definition) is 0. The van der Waals surface area contributed by atoms with Crippen molar-refractivity contribution in [2.45, 2.75) is 43.8 Å². The summed E-state index contributed by atoms with van der Waals surface area (Å²) in [6.45, 7) is 3.28. The maximum atomic E-state index is 6.11. The number of ether oxygens (including phenoxy) is 3. The summed E-state index contributed by atoms with van der Waals surface area (Å²) < 4.78 is 17.2. The lowest BCUT2D eigenvalue weighted by atomic mass is 9.96. The molecule has 2 aliphatic heterocycles. The van der Waals surface area contributed by atoms with Crippen molar-refractivity contribution in [2.75, 3.05) is 31.8 Å². The van der Waals surface area contributed by atoms with Gasteiger partial charge in [0.15, 0.2) is 0 Å². The van der Waals surface area contributed by atoms with E-state index in [1.807, 2.05) is 0 Å². The molecule has 0 saturated carbocycles. The molecule has 0 spiro atoms. The van der Waals surface area contributed by atoms with Gasteiger partial charge in [0, 0.05) is 38.0 Å². The molecule has 2 heterocycles. The van der Waals surface area contributed by atoms with Crippen LogP contribution in [0.3, 0.4) is 0 Å². The molecular weight excluding hydrogens is 272 g/mol. The van der Waals surface area contributed by atoms with Crippen LogP contribution in [-0.2, 0) is 14.2 Å². The van der Waals surface area contributed by atoms with E-state index < -0.39 is 0 Å². The molecule has 16 heavy (non-hydrogen) atoms. The van der Waals surface area contributed by atoms with Gasteiger partial charge in [-0.05, 0) is 19.3 Å². The third-order valence-corrected chi connectivity index (χ3v) is 4.52. The fourth-order valence-electron chi connectivity index (χ4n) is 2.27. The summed E-state index contributed by atoms with van der Waals surface area (Å²) in [7, 11) is 0. The lowest BCUT2D eigenvalue weighted by molar-refractivity contribution is -0.132. The number of hydrogen-bond acceptors (Lipinski definition) is 3. The third-order valence-electron chi connectivity index (χ3n) is 3.50. The minimum absolute atomic E-state index is 0.0148. The van der Waals surface area contributed by atoms with Gasteiger partial charge in [-0.1, -0.05) is 15.9 Å². The highest BCUT2D eigenvalue weighted by Gasteiger charge is 2.33. The largest absolute Gasteiger partial charge is 0.381 e. The number of alkyl halides is 1. The molecule has 0 radical (unpaired) electrons. The van der Waals surface area contributed by atoms with Gasteiger partial charge in [0.1, 0.15) is 0 Å². The van der Waals surface area contributed by atoms with Crippen LogP contribution in [0, 0.1) is 0 Å². The average molecular weight is 293 g/mol. The predicted molar refractivity (Wildman–Crippen MR) is 66.1 cm³/mol. The highest BCUT2D eigenvalue weighted by atomic mass is 79.9. The molecule has 0 aromatic carbocycles. The zero-order valence-corrected chi connectivity index (χ0v) is 11.3. The van der Waals surface area contributed by atoms with E-state index in [4.69, 9.17) is 14.2 Å². The second kappa shape index (κ2) is 6.34. The molecule has 0 bridgehead atoms. The fraction of sp³-hybridized carbons (Fsp3) is 1.00. The monoisotopic (exact) mass is 292 g/mol. The van der Waals surface area contributed by atoms with Gasteiger partial charge < -0.3 is 14.2 Å². The molecule has 2 aliphatic rings. The van der Waals surface area contributed by atoms with E-state index in [-0.39, 0.29) is 5.60 Å². The molecule has 4 heteroatoms. The van der Waals surface area contributed by atoms with Crippen molar-refractivity contribution in [1.82, 2.24) is 0 Å². The van der Waals surface area contributed by atoms with Crippen LogP contribution in [0.1, 0.15) is 32.1 Å². The van der Waals surface area contributed by atoms with Crippen molar-refractivity contribution in [3.63, 3.8) is 0 Å². The third kappa shape index (κ3) is 3.42. The van der Waals surface area contributed by atoms with Gasteiger partial charge in [-0.15, -0.1) is 0 Å². The summed E-state index contributed by atoms with van der Waals surface area (Å²) in [5.41, 5.74) is -0.0148. The summed E-state index contributed by atoms with van der Waals surface area (Å²) in [4.78, 5) is 0. The van der Waals surface area contributed by atoms with Crippen molar-refractivity contribution in [3.8, 4) is 0 Å². The Hall–Kier alpha value is 0.360. The second-order valence-corrected chi connectivity index (χ2v) is 5.29. The van der Waals surface area contributed by atoms with Gasteiger partial charge in [0.05, 0.1) is 18.3 Å². The Morgan fingerprint density at radius 1 is 1.19 bits per heavy atom. The minimum atomic E-state index is -0.0148. The lowest BCUT2D eigenvalue weighted by Gasteiger charge is -2.37. The molecule has 2 fully saturated rings. The quantitative estimate of drug-likeness (QED) is 0.745. The van der Waals surface area contributed by atoms with Crippen molar-refractivity contribution >= 4 is 15.9 Å². The summed E-state index contributed by atoms with van der Waals surface area (Å²) >= 11 is 3.57. The molecule has 0 aromatic rings. The summed E-state index contributed by atoms with van der Waals surface area (Å²) in [6.07, 6.45) is 5.92. The highest BCUT2D eigenvalue weighted by Crippen LogP contribution is 2.28. The topological polar surface area (TPSA) is 27.7 Å². The first-order chi connectivity index (χ1) is 7.85. The van der Waals surface area contributed by atoms with E-state index in [0.29, 0.717) is 6.10 Å². The molecule has 0 aromatic heterocycles. The van der Waals surface area contributed by atoms with Gasteiger partial charge in [0.2, 0.25) is 0 Å². The smallest absolute Gasteiger partial charge is 0.0824 e. The zero-order valence-electron chi connectivity index (χ0n) is 9.75. The van der Waals surface area contributed by atoms with Gasteiger partial charge in [-0.3, -0.25) is 0 Å². The van der Waals surface area contributed by atoms with E-state index in [9.17, 15) is 0 Å². The van der Waals surface area contributed by atoms with Crippen LogP contribution in [-0.4, -0.2) is 43.5 Å². The van der Waals surface area contributed by atoms with E-state index in [1.165, 1.54) is 12.8 Å². The molecule has 2 saturated heterocycles. The molecule has 3 nitrogen and oxygen atoms in total. The molecule has 0 amide bonds.